The van der Waals surface area contributed by atoms with E-state index in [1.165, 1.54) is 5.56 Å². The fraction of sp³-hybridized carbons (Fsp3) is 0.429. The molecule has 4 heteroatoms. The second-order valence-corrected chi connectivity index (χ2v) is 12.7. The second kappa shape index (κ2) is 12.2. The van der Waals surface area contributed by atoms with Gasteiger partial charge in [0.2, 0.25) is 0 Å². The normalized spacial score (nSPS) is 15.5. The molecular weight excluding hydrogens is 482 g/mol. The highest BCUT2D eigenvalue weighted by molar-refractivity contribution is 5.97. The highest BCUT2D eigenvalue weighted by Crippen LogP contribution is 2.38. The highest BCUT2D eigenvalue weighted by Gasteiger charge is 2.34. The summed E-state index contributed by atoms with van der Waals surface area (Å²) in [7, 11) is 0. The molecule has 0 saturated heterocycles. The molecule has 1 aliphatic rings. The quantitative estimate of drug-likeness (QED) is 0.276. The van der Waals surface area contributed by atoms with Crippen molar-refractivity contribution in [3.63, 3.8) is 0 Å². The predicted octanol–water partition coefficient (Wildman–Crippen LogP) is 8.88. The number of carbonyl (C=O) groups excluding carboxylic acids is 2. The van der Waals surface area contributed by atoms with Crippen molar-refractivity contribution in [1.29, 1.82) is 0 Å². The molecule has 0 aliphatic heterocycles. The fourth-order valence-corrected chi connectivity index (χ4v) is 5.28. The Kier molecular flexibility index (Phi) is 8.94. The van der Waals surface area contributed by atoms with Gasteiger partial charge in [-0.2, -0.15) is 0 Å². The van der Waals surface area contributed by atoms with E-state index in [1.807, 2.05) is 68.1 Å². The zero-order chi connectivity index (χ0) is 28.0. The van der Waals surface area contributed by atoms with Gasteiger partial charge in [0.15, 0.2) is 5.78 Å². The van der Waals surface area contributed by atoms with Gasteiger partial charge in [-0.3, -0.25) is 4.79 Å². The summed E-state index contributed by atoms with van der Waals surface area (Å²) < 4.78 is 5.81. The van der Waals surface area contributed by atoms with Gasteiger partial charge in [0.25, 0.3) is 0 Å². The van der Waals surface area contributed by atoms with Crippen LogP contribution in [0.15, 0.2) is 78.9 Å². The number of rotatable bonds is 8. The standard InChI is InChI=1S/C35H43NO3/c1-34(2,3)39-33(38)36(31-20-22-35(4,5)23-21-31)25-27-14-17-28(18-15-27)29-12-9-13-30(24-29)32(37)19-16-26-10-7-6-8-11-26/h6-15,17-18,24,31H,16,19-23,25H2,1-5H3. The molecule has 1 aliphatic carbocycles. The number of carbonyl (C=O) groups is 2. The summed E-state index contributed by atoms with van der Waals surface area (Å²) in [6.45, 7) is 10.9. The summed E-state index contributed by atoms with van der Waals surface area (Å²) in [5, 5.41) is 0. The molecule has 0 spiro atoms. The third kappa shape index (κ3) is 8.29. The van der Waals surface area contributed by atoms with E-state index in [1.54, 1.807) is 0 Å². The van der Waals surface area contributed by atoms with Crippen LogP contribution < -0.4 is 0 Å². The van der Waals surface area contributed by atoms with Gasteiger partial charge in [-0.1, -0.05) is 86.6 Å². The van der Waals surface area contributed by atoms with Gasteiger partial charge < -0.3 is 9.64 Å². The molecule has 206 valence electrons. The summed E-state index contributed by atoms with van der Waals surface area (Å²) in [5.41, 5.74) is 4.86. The number of ether oxygens (including phenoxy) is 1. The third-order valence-corrected chi connectivity index (χ3v) is 7.69. The molecule has 1 fully saturated rings. The molecule has 0 heterocycles. The molecule has 1 amide bonds. The van der Waals surface area contributed by atoms with Gasteiger partial charge in [0, 0.05) is 24.6 Å². The number of nitrogens with zero attached hydrogens (tertiary/aromatic N) is 1. The Bertz CT molecular complexity index is 1250. The van der Waals surface area contributed by atoms with Crippen LogP contribution in [0.4, 0.5) is 4.79 Å². The average molecular weight is 526 g/mol. The van der Waals surface area contributed by atoms with Crippen molar-refractivity contribution in [3.05, 3.63) is 95.6 Å². The average Bonchev–Trinajstić information content (AvgIpc) is 2.90. The fourth-order valence-electron chi connectivity index (χ4n) is 5.28. The number of amides is 1. The van der Waals surface area contributed by atoms with Crippen LogP contribution in [0, 0.1) is 5.41 Å². The number of ketones is 1. The van der Waals surface area contributed by atoms with Crippen molar-refractivity contribution in [3.8, 4) is 11.1 Å². The first-order valence-corrected chi connectivity index (χ1v) is 14.3. The number of hydrogen-bond acceptors (Lipinski definition) is 3. The maximum absolute atomic E-state index is 13.2. The molecule has 0 bridgehead atoms. The zero-order valence-corrected chi connectivity index (χ0v) is 24.2. The third-order valence-electron chi connectivity index (χ3n) is 7.69. The van der Waals surface area contributed by atoms with Crippen molar-refractivity contribution < 1.29 is 14.3 Å². The summed E-state index contributed by atoms with van der Waals surface area (Å²) in [5.74, 6) is 0.154. The number of hydrogen-bond donors (Lipinski definition) is 0. The summed E-state index contributed by atoms with van der Waals surface area (Å²) in [4.78, 5) is 28.0. The molecule has 3 aromatic rings. The predicted molar refractivity (Wildman–Crippen MR) is 159 cm³/mol. The summed E-state index contributed by atoms with van der Waals surface area (Å²) in [6, 6.07) is 26.5. The van der Waals surface area contributed by atoms with Crippen LogP contribution in [0.3, 0.4) is 0 Å². The Morgan fingerprint density at radius 1 is 0.846 bits per heavy atom. The van der Waals surface area contributed by atoms with Crippen LogP contribution in [0.1, 0.15) is 88.2 Å². The first-order chi connectivity index (χ1) is 18.5. The molecule has 0 unspecified atom stereocenters. The molecule has 1 saturated carbocycles. The minimum atomic E-state index is -0.531. The van der Waals surface area contributed by atoms with E-state index in [9.17, 15) is 9.59 Å². The number of benzene rings is 3. The largest absolute Gasteiger partial charge is 0.444 e. The Balaban J connectivity index is 1.45. The Morgan fingerprint density at radius 2 is 1.51 bits per heavy atom. The number of Topliss-reactive ketones (excluding diaryl/α,β-unsaturated/α-hetero) is 1. The van der Waals surface area contributed by atoms with E-state index in [0.717, 1.165) is 54.4 Å². The SMILES string of the molecule is CC1(C)CCC(N(Cc2ccc(-c3cccc(C(=O)CCc4ccccc4)c3)cc2)C(=O)OC(C)(C)C)CC1. The maximum atomic E-state index is 13.2. The van der Waals surface area contributed by atoms with E-state index in [-0.39, 0.29) is 17.9 Å². The molecule has 4 rings (SSSR count). The van der Waals surface area contributed by atoms with Gasteiger partial charge in [-0.05, 0) is 86.6 Å². The van der Waals surface area contributed by atoms with Crippen LogP contribution >= 0.6 is 0 Å². The molecule has 0 N–H and O–H groups in total. The minimum Gasteiger partial charge on any atom is -0.444 e. The lowest BCUT2D eigenvalue weighted by molar-refractivity contribution is 0.00490. The van der Waals surface area contributed by atoms with Gasteiger partial charge in [-0.15, -0.1) is 0 Å². The van der Waals surface area contributed by atoms with Gasteiger partial charge in [0.1, 0.15) is 5.60 Å². The Hall–Kier alpha value is -3.40. The van der Waals surface area contributed by atoms with Crippen molar-refractivity contribution >= 4 is 11.9 Å². The minimum absolute atomic E-state index is 0.154. The van der Waals surface area contributed by atoms with Gasteiger partial charge >= 0.3 is 6.09 Å². The Morgan fingerprint density at radius 3 is 2.15 bits per heavy atom. The van der Waals surface area contributed by atoms with Crippen LogP contribution in [-0.2, 0) is 17.7 Å². The van der Waals surface area contributed by atoms with Gasteiger partial charge in [-0.25, -0.2) is 4.79 Å². The first kappa shape index (κ1) is 28.6. The molecule has 0 radical (unpaired) electrons. The van der Waals surface area contributed by atoms with Crippen LogP contribution in [0.5, 0.6) is 0 Å². The molecule has 39 heavy (non-hydrogen) atoms. The van der Waals surface area contributed by atoms with Crippen LogP contribution in [0.25, 0.3) is 11.1 Å². The molecule has 0 atom stereocenters. The van der Waals surface area contributed by atoms with E-state index in [4.69, 9.17) is 4.74 Å². The lowest BCUT2D eigenvalue weighted by Gasteiger charge is -2.40. The highest BCUT2D eigenvalue weighted by atomic mass is 16.6. The van der Waals surface area contributed by atoms with Crippen LogP contribution in [0.2, 0.25) is 0 Å². The van der Waals surface area contributed by atoms with Crippen molar-refractivity contribution in [2.75, 3.05) is 0 Å². The summed E-state index contributed by atoms with van der Waals surface area (Å²) >= 11 is 0. The maximum Gasteiger partial charge on any atom is 0.410 e. The Labute approximate surface area is 234 Å². The van der Waals surface area contributed by atoms with Crippen molar-refractivity contribution in [2.24, 2.45) is 5.41 Å². The van der Waals surface area contributed by atoms with Gasteiger partial charge in [0.05, 0.1) is 0 Å². The van der Waals surface area contributed by atoms with E-state index in [0.29, 0.717) is 18.4 Å². The smallest absolute Gasteiger partial charge is 0.410 e. The molecular formula is C35H43NO3. The van der Waals surface area contributed by atoms with E-state index < -0.39 is 5.60 Å². The monoisotopic (exact) mass is 525 g/mol. The van der Waals surface area contributed by atoms with E-state index >= 15 is 0 Å². The zero-order valence-electron chi connectivity index (χ0n) is 24.2. The van der Waals surface area contributed by atoms with Crippen molar-refractivity contribution in [2.45, 2.75) is 91.3 Å². The lowest BCUT2D eigenvalue weighted by atomic mass is 9.75. The molecule has 4 nitrogen and oxygen atoms in total. The summed E-state index contributed by atoms with van der Waals surface area (Å²) in [6.07, 6.45) is 5.20. The second-order valence-electron chi connectivity index (χ2n) is 12.7. The lowest BCUT2D eigenvalue weighted by Crippen LogP contribution is -2.45. The van der Waals surface area contributed by atoms with Crippen molar-refractivity contribution in [1.82, 2.24) is 4.90 Å². The van der Waals surface area contributed by atoms with E-state index in [2.05, 4.69) is 50.2 Å². The molecule has 0 aromatic heterocycles. The topological polar surface area (TPSA) is 46.6 Å². The number of aryl methyl sites for hydroxylation is 1. The van der Waals surface area contributed by atoms with Crippen LogP contribution in [-0.4, -0.2) is 28.4 Å². The molecule has 3 aromatic carbocycles. The first-order valence-electron chi connectivity index (χ1n) is 14.3.